The van der Waals surface area contributed by atoms with Crippen molar-refractivity contribution in [3.05, 3.63) is 29.6 Å². The van der Waals surface area contributed by atoms with Gasteiger partial charge in [0.1, 0.15) is 0 Å². The summed E-state index contributed by atoms with van der Waals surface area (Å²) in [5, 5.41) is 5.79. The second kappa shape index (κ2) is 8.72. The van der Waals surface area contributed by atoms with E-state index in [9.17, 15) is 9.18 Å². The van der Waals surface area contributed by atoms with E-state index >= 15 is 0 Å². The average Bonchev–Trinajstić information content (AvgIpc) is 2.36. The molecule has 1 amide bonds. The Kier molecular flexibility index (Phi) is 8.11. The third-order valence-electron chi connectivity index (χ3n) is 2.68. The van der Waals surface area contributed by atoms with Gasteiger partial charge in [0.05, 0.1) is 13.5 Å². The number of methoxy groups -OCH3 is 1. The standard InChI is InChI=1S/C13H19FN2O2.ClH/c1-9(15-2)8-16-13(17)7-10-4-5-12(18-3)11(14)6-10;/h4-6,9,15H,7-8H2,1-3H3,(H,16,17);1H. The Bertz CT molecular complexity index is 416. The molecule has 1 rings (SSSR count). The van der Waals surface area contributed by atoms with Crippen LogP contribution in [0.2, 0.25) is 0 Å². The molecule has 1 atom stereocenters. The van der Waals surface area contributed by atoms with E-state index in [0.29, 0.717) is 12.1 Å². The molecule has 4 nitrogen and oxygen atoms in total. The lowest BCUT2D eigenvalue weighted by molar-refractivity contribution is -0.120. The number of likely N-dealkylation sites (N-methyl/N-ethyl adjacent to an activating group) is 1. The van der Waals surface area contributed by atoms with Gasteiger partial charge in [-0.05, 0) is 31.7 Å². The van der Waals surface area contributed by atoms with Crippen LogP contribution in [0.15, 0.2) is 18.2 Å². The quantitative estimate of drug-likeness (QED) is 0.835. The van der Waals surface area contributed by atoms with Crippen molar-refractivity contribution in [2.45, 2.75) is 19.4 Å². The SMILES string of the molecule is CNC(C)CNC(=O)Cc1ccc(OC)c(F)c1.Cl. The molecule has 0 bridgehead atoms. The molecule has 0 fully saturated rings. The Labute approximate surface area is 119 Å². The molecule has 1 unspecified atom stereocenters. The van der Waals surface area contributed by atoms with E-state index in [2.05, 4.69) is 10.6 Å². The molecule has 0 aliphatic carbocycles. The summed E-state index contributed by atoms with van der Waals surface area (Å²) in [6, 6.07) is 4.73. The second-order valence-electron chi connectivity index (χ2n) is 4.14. The zero-order valence-corrected chi connectivity index (χ0v) is 12.1. The lowest BCUT2D eigenvalue weighted by Gasteiger charge is -2.11. The van der Waals surface area contributed by atoms with Gasteiger partial charge >= 0.3 is 0 Å². The van der Waals surface area contributed by atoms with Crippen molar-refractivity contribution in [3.8, 4) is 5.75 Å². The molecule has 6 heteroatoms. The van der Waals surface area contributed by atoms with E-state index in [-0.39, 0.29) is 36.5 Å². The van der Waals surface area contributed by atoms with Crippen molar-refractivity contribution < 1.29 is 13.9 Å². The molecule has 2 N–H and O–H groups in total. The highest BCUT2D eigenvalue weighted by atomic mass is 35.5. The number of benzene rings is 1. The van der Waals surface area contributed by atoms with Crippen LogP contribution in [-0.4, -0.2) is 32.7 Å². The molecule has 19 heavy (non-hydrogen) atoms. The molecule has 1 aromatic carbocycles. The first-order valence-electron chi connectivity index (χ1n) is 5.83. The zero-order valence-electron chi connectivity index (χ0n) is 11.3. The van der Waals surface area contributed by atoms with Crippen molar-refractivity contribution in [3.63, 3.8) is 0 Å². The Morgan fingerprint density at radius 2 is 2.16 bits per heavy atom. The molecule has 0 radical (unpaired) electrons. The summed E-state index contributed by atoms with van der Waals surface area (Å²) in [7, 11) is 3.24. The number of nitrogens with one attached hydrogen (secondary N) is 2. The lowest BCUT2D eigenvalue weighted by Crippen LogP contribution is -2.37. The number of hydrogen-bond acceptors (Lipinski definition) is 3. The van der Waals surface area contributed by atoms with Gasteiger partial charge < -0.3 is 15.4 Å². The molecule has 0 saturated carbocycles. The van der Waals surface area contributed by atoms with E-state index in [1.165, 1.54) is 19.2 Å². The van der Waals surface area contributed by atoms with Crippen LogP contribution in [0.3, 0.4) is 0 Å². The van der Waals surface area contributed by atoms with Gasteiger partial charge in [0, 0.05) is 12.6 Å². The number of hydrogen-bond donors (Lipinski definition) is 2. The third kappa shape index (κ3) is 5.89. The first-order chi connectivity index (χ1) is 8.56. The highest BCUT2D eigenvalue weighted by molar-refractivity contribution is 5.85. The Balaban J connectivity index is 0.00000324. The molecule has 0 saturated heterocycles. The van der Waals surface area contributed by atoms with Crippen LogP contribution in [0.5, 0.6) is 5.75 Å². The van der Waals surface area contributed by atoms with Crippen LogP contribution in [0.1, 0.15) is 12.5 Å². The minimum atomic E-state index is -0.452. The molecule has 0 aliphatic rings. The fraction of sp³-hybridized carbons (Fsp3) is 0.462. The molecule has 0 spiro atoms. The van der Waals surface area contributed by atoms with Gasteiger partial charge in [-0.1, -0.05) is 6.07 Å². The van der Waals surface area contributed by atoms with E-state index < -0.39 is 5.82 Å². The molecule has 108 valence electrons. The first kappa shape index (κ1) is 17.7. The maximum Gasteiger partial charge on any atom is 0.224 e. The van der Waals surface area contributed by atoms with E-state index in [4.69, 9.17) is 4.74 Å². The van der Waals surface area contributed by atoms with Gasteiger partial charge in [-0.15, -0.1) is 12.4 Å². The predicted octanol–water partition coefficient (Wildman–Crippen LogP) is 1.52. The van der Waals surface area contributed by atoms with Crippen LogP contribution in [0.25, 0.3) is 0 Å². The van der Waals surface area contributed by atoms with Crippen LogP contribution in [0, 0.1) is 5.82 Å². The lowest BCUT2D eigenvalue weighted by atomic mass is 10.1. The highest BCUT2D eigenvalue weighted by Crippen LogP contribution is 2.17. The predicted molar refractivity (Wildman–Crippen MR) is 75.4 cm³/mol. The van der Waals surface area contributed by atoms with Crippen LogP contribution in [0.4, 0.5) is 4.39 Å². The van der Waals surface area contributed by atoms with Gasteiger partial charge in [-0.2, -0.15) is 0 Å². The zero-order chi connectivity index (χ0) is 13.5. The number of rotatable bonds is 6. The van der Waals surface area contributed by atoms with E-state index in [0.717, 1.165) is 0 Å². The number of carbonyl (C=O) groups is 1. The van der Waals surface area contributed by atoms with E-state index in [1.807, 2.05) is 14.0 Å². The summed E-state index contributed by atoms with van der Waals surface area (Å²) in [5.41, 5.74) is 0.628. The number of ether oxygens (including phenoxy) is 1. The summed E-state index contributed by atoms with van der Waals surface area (Å²) in [6.45, 7) is 2.52. The van der Waals surface area contributed by atoms with Crippen molar-refractivity contribution >= 4 is 18.3 Å². The normalized spacial score (nSPS) is 11.4. The molecule has 0 aromatic heterocycles. The second-order valence-corrected chi connectivity index (χ2v) is 4.14. The fourth-order valence-electron chi connectivity index (χ4n) is 1.44. The van der Waals surface area contributed by atoms with E-state index in [1.54, 1.807) is 6.07 Å². The van der Waals surface area contributed by atoms with Gasteiger partial charge in [0.25, 0.3) is 0 Å². The summed E-state index contributed by atoms with van der Waals surface area (Å²) in [4.78, 5) is 11.6. The number of carbonyl (C=O) groups excluding carboxylic acids is 1. The summed E-state index contributed by atoms with van der Waals surface area (Å²) < 4.78 is 18.2. The summed E-state index contributed by atoms with van der Waals surface area (Å²) in [5.74, 6) is -0.393. The van der Waals surface area contributed by atoms with Crippen LogP contribution < -0.4 is 15.4 Å². The summed E-state index contributed by atoms with van der Waals surface area (Å²) >= 11 is 0. The largest absolute Gasteiger partial charge is 0.494 e. The van der Waals surface area contributed by atoms with Crippen molar-refractivity contribution in [2.75, 3.05) is 20.7 Å². The number of amides is 1. The topological polar surface area (TPSA) is 50.4 Å². The summed E-state index contributed by atoms with van der Waals surface area (Å²) in [6.07, 6.45) is 0.164. The highest BCUT2D eigenvalue weighted by Gasteiger charge is 2.08. The van der Waals surface area contributed by atoms with Crippen LogP contribution >= 0.6 is 12.4 Å². The smallest absolute Gasteiger partial charge is 0.224 e. The fourth-order valence-corrected chi connectivity index (χ4v) is 1.44. The molecule has 0 heterocycles. The Hall–Kier alpha value is -1.33. The maximum absolute atomic E-state index is 13.4. The Morgan fingerprint density at radius 1 is 1.47 bits per heavy atom. The van der Waals surface area contributed by atoms with Gasteiger partial charge in [-0.3, -0.25) is 4.79 Å². The van der Waals surface area contributed by atoms with Crippen LogP contribution in [-0.2, 0) is 11.2 Å². The van der Waals surface area contributed by atoms with Crippen molar-refractivity contribution in [2.24, 2.45) is 0 Å². The van der Waals surface area contributed by atoms with Crippen molar-refractivity contribution in [1.29, 1.82) is 0 Å². The molecular weight excluding hydrogens is 271 g/mol. The third-order valence-corrected chi connectivity index (χ3v) is 2.68. The molecule has 1 aromatic rings. The minimum absolute atomic E-state index is 0. The minimum Gasteiger partial charge on any atom is -0.494 e. The number of halogens is 2. The Morgan fingerprint density at radius 3 is 2.68 bits per heavy atom. The monoisotopic (exact) mass is 290 g/mol. The van der Waals surface area contributed by atoms with Gasteiger partial charge in [0.2, 0.25) is 5.91 Å². The molecular formula is C13H20ClFN2O2. The van der Waals surface area contributed by atoms with Gasteiger partial charge in [-0.25, -0.2) is 4.39 Å². The maximum atomic E-state index is 13.4. The molecule has 0 aliphatic heterocycles. The average molecular weight is 291 g/mol. The van der Waals surface area contributed by atoms with Crippen molar-refractivity contribution in [1.82, 2.24) is 10.6 Å². The first-order valence-corrected chi connectivity index (χ1v) is 5.83. The van der Waals surface area contributed by atoms with Gasteiger partial charge in [0.15, 0.2) is 11.6 Å².